The molecule has 0 radical (unpaired) electrons. The minimum atomic E-state index is -4.81. The minimum absolute atomic E-state index is 0.0633. The van der Waals surface area contributed by atoms with E-state index in [-0.39, 0.29) is 22.4 Å². The van der Waals surface area contributed by atoms with E-state index in [2.05, 4.69) is 117 Å². The predicted octanol–water partition coefficient (Wildman–Crippen LogP) is 21.9. The molecule has 6 heterocycles. The first kappa shape index (κ1) is 56.4. The van der Waals surface area contributed by atoms with Crippen molar-refractivity contribution in [1.82, 2.24) is 29.1 Å². The lowest BCUT2D eigenvalue weighted by Crippen LogP contribution is -2.07. The Labute approximate surface area is 538 Å². The Morgan fingerprint density at radius 3 is 0.957 bits per heavy atom. The van der Waals surface area contributed by atoms with Gasteiger partial charge in [0.05, 0.1) is 74.4 Å². The Kier molecular flexibility index (Phi) is 13.9. The summed E-state index contributed by atoms with van der Waals surface area (Å²) in [7, 11) is 0. The maximum Gasteiger partial charge on any atom is 0.415 e. The van der Waals surface area contributed by atoms with Crippen LogP contribution in [0, 0.1) is 17.9 Å². The Hall–Kier alpha value is -12.8. The SMILES string of the molecule is [C-]#[N+]c1cc(-c2cc(-n3c4cc(-c5ccnc(-c6ccccc6)c5)ccc4c4ccc(-c5ccnc(-c6ccccc6)c5)cc43)c(-n3c4cc(-c5ccnc(-c6ccccc6)c5)ccc4c4ccc(-c5ccnc(-c6ccccc6)c5)cc43)cc2C#N)cc(C(F)(F)F)c1. The van der Waals surface area contributed by atoms with E-state index in [1.165, 1.54) is 6.07 Å². The highest BCUT2D eigenvalue weighted by molar-refractivity contribution is 6.14. The van der Waals surface area contributed by atoms with Crippen molar-refractivity contribution in [3.63, 3.8) is 0 Å². The number of aromatic nitrogens is 6. The largest absolute Gasteiger partial charge is 0.415 e. The third-order valence-corrected chi connectivity index (χ3v) is 17.6. The molecule has 0 atom stereocenters. The summed E-state index contributed by atoms with van der Waals surface area (Å²) in [6, 6.07) is 91.4. The normalized spacial score (nSPS) is 11.5. The number of pyridine rings is 4. The van der Waals surface area contributed by atoms with Crippen molar-refractivity contribution in [3.05, 3.63) is 320 Å². The fourth-order valence-electron chi connectivity index (χ4n) is 13.0. The molecule has 0 N–H and O–H groups in total. The Morgan fingerprint density at radius 2 is 0.649 bits per heavy atom. The van der Waals surface area contributed by atoms with Crippen LogP contribution in [0.5, 0.6) is 0 Å². The molecule has 442 valence electrons. The van der Waals surface area contributed by atoms with E-state index in [9.17, 15) is 5.26 Å². The summed E-state index contributed by atoms with van der Waals surface area (Å²) in [6.07, 6.45) is 2.45. The molecule has 11 heteroatoms. The Bertz CT molecular complexity index is 5470. The summed E-state index contributed by atoms with van der Waals surface area (Å²) in [5.74, 6) is 0. The van der Waals surface area contributed by atoms with E-state index >= 15 is 13.2 Å². The van der Waals surface area contributed by atoms with Crippen molar-refractivity contribution in [1.29, 1.82) is 5.26 Å². The van der Waals surface area contributed by atoms with E-state index in [1.807, 2.05) is 176 Å². The molecule has 94 heavy (non-hydrogen) atoms. The van der Waals surface area contributed by atoms with Crippen LogP contribution in [0.15, 0.2) is 298 Å². The molecule has 10 aromatic carbocycles. The first-order valence-corrected chi connectivity index (χ1v) is 30.5. The summed E-state index contributed by atoms with van der Waals surface area (Å²) in [5.41, 5.74) is 17.7. The summed E-state index contributed by atoms with van der Waals surface area (Å²) >= 11 is 0. The summed E-state index contributed by atoms with van der Waals surface area (Å²) in [4.78, 5) is 22.7. The van der Waals surface area contributed by atoms with Crippen molar-refractivity contribution >= 4 is 49.3 Å². The van der Waals surface area contributed by atoms with Crippen LogP contribution in [0.25, 0.3) is 160 Å². The maximum atomic E-state index is 15.1. The van der Waals surface area contributed by atoms with Gasteiger partial charge >= 0.3 is 6.18 Å². The van der Waals surface area contributed by atoms with Crippen LogP contribution in [-0.2, 0) is 6.18 Å². The zero-order valence-corrected chi connectivity index (χ0v) is 50.0. The Morgan fingerprint density at radius 1 is 0.330 bits per heavy atom. The zero-order chi connectivity index (χ0) is 63.4. The van der Waals surface area contributed by atoms with E-state index in [0.29, 0.717) is 11.4 Å². The zero-order valence-electron chi connectivity index (χ0n) is 50.0. The number of halogens is 3. The molecule has 0 spiro atoms. The van der Waals surface area contributed by atoms with Gasteiger partial charge in [0.25, 0.3) is 0 Å². The second-order valence-electron chi connectivity index (χ2n) is 23.2. The molecule has 0 unspecified atom stereocenters. The van der Waals surface area contributed by atoms with Crippen LogP contribution in [0.3, 0.4) is 0 Å². The van der Waals surface area contributed by atoms with Gasteiger partial charge in [-0.25, -0.2) is 4.85 Å². The monoisotopic (exact) mass is 1210 g/mol. The number of alkyl halides is 3. The number of fused-ring (bicyclic) bond motifs is 6. The lowest BCUT2D eigenvalue weighted by Gasteiger charge is -2.21. The molecule has 0 fully saturated rings. The smallest absolute Gasteiger partial charge is 0.307 e. The van der Waals surface area contributed by atoms with Gasteiger partial charge in [-0.3, -0.25) is 19.9 Å². The molecule has 6 aromatic heterocycles. The van der Waals surface area contributed by atoms with Crippen LogP contribution < -0.4 is 0 Å². The minimum Gasteiger partial charge on any atom is -0.307 e. The molecule has 0 bridgehead atoms. The number of hydrogen-bond acceptors (Lipinski definition) is 5. The van der Waals surface area contributed by atoms with Gasteiger partial charge in [-0.05, 0) is 153 Å². The van der Waals surface area contributed by atoms with Crippen molar-refractivity contribution in [2.45, 2.75) is 6.18 Å². The summed E-state index contributed by atoms with van der Waals surface area (Å²) in [6.45, 7) is 8.07. The molecule has 0 aliphatic heterocycles. The van der Waals surface area contributed by atoms with Gasteiger partial charge in [-0.2, -0.15) is 18.4 Å². The van der Waals surface area contributed by atoms with E-state index < -0.39 is 11.7 Å². The number of nitrogens with zero attached hydrogens (tertiary/aromatic N) is 8. The van der Waals surface area contributed by atoms with Gasteiger partial charge in [0.2, 0.25) is 0 Å². The van der Waals surface area contributed by atoms with Gasteiger partial charge in [0, 0.05) is 79.7 Å². The van der Waals surface area contributed by atoms with E-state index in [0.717, 1.165) is 145 Å². The average molecular weight is 1220 g/mol. The van der Waals surface area contributed by atoms with Gasteiger partial charge in [-0.1, -0.05) is 170 Å². The molecular weight excluding hydrogens is 1170 g/mol. The standard InChI is InChI=1S/C83H49F3N8/c1-88-67-39-64(38-66(49-67)83(84,85)86)72-50-82(94-79-46-58(62-32-36-91-75(42-62)54-18-10-4-11-19-54)24-28-70(79)71-29-25-59(47-80(71)94)63-33-37-92-76(43-63)55-20-12-5-13-21-55)81(48-65(72)51-87)93-77-44-56(60-30-34-89-73(40-60)52-14-6-2-7-15-52)22-26-68(77)69-27-23-57(45-78(69)93)61-31-35-90-74(41-61)53-16-8-3-9-17-53/h2-50H. The van der Waals surface area contributed by atoms with Gasteiger partial charge in [0.1, 0.15) is 0 Å². The highest BCUT2D eigenvalue weighted by atomic mass is 19.4. The van der Waals surface area contributed by atoms with Crippen LogP contribution in [0.1, 0.15) is 11.1 Å². The predicted molar refractivity (Wildman–Crippen MR) is 371 cm³/mol. The van der Waals surface area contributed by atoms with Crippen molar-refractivity contribution in [3.8, 4) is 118 Å². The van der Waals surface area contributed by atoms with Gasteiger partial charge in [0.15, 0.2) is 5.69 Å². The second kappa shape index (κ2) is 23.2. The van der Waals surface area contributed by atoms with Crippen molar-refractivity contribution in [2.24, 2.45) is 0 Å². The van der Waals surface area contributed by atoms with Crippen LogP contribution in [0.2, 0.25) is 0 Å². The molecule has 0 saturated carbocycles. The van der Waals surface area contributed by atoms with Crippen LogP contribution >= 0.6 is 0 Å². The van der Waals surface area contributed by atoms with E-state index in [4.69, 9.17) is 26.5 Å². The van der Waals surface area contributed by atoms with Crippen LogP contribution in [0.4, 0.5) is 18.9 Å². The molecule has 0 amide bonds. The highest BCUT2D eigenvalue weighted by Gasteiger charge is 2.32. The fraction of sp³-hybridized carbons (Fsp3) is 0.0120. The molecule has 0 aliphatic carbocycles. The lowest BCUT2D eigenvalue weighted by atomic mass is 9.95. The van der Waals surface area contributed by atoms with Gasteiger partial charge in [-0.15, -0.1) is 0 Å². The van der Waals surface area contributed by atoms with E-state index in [1.54, 1.807) is 6.07 Å². The number of hydrogen-bond donors (Lipinski definition) is 0. The Balaban J connectivity index is 1.03. The third kappa shape index (κ3) is 10.3. The first-order valence-electron chi connectivity index (χ1n) is 30.5. The molecule has 8 nitrogen and oxygen atoms in total. The highest BCUT2D eigenvalue weighted by Crippen LogP contribution is 2.46. The topological polar surface area (TPSA) is 89.6 Å². The number of rotatable bonds is 11. The van der Waals surface area contributed by atoms with Gasteiger partial charge < -0.3 is 9.13 Å². The second-order valence-corrected chi connectivity index (χ2v) is 23.2. The number of benzene rings is 10. The third-order valence-electron chi connectivity index (χ3n) is 17.6. The quantitative estimate of drug-likeness (QED) is 0.120. The molecule has 0 aliphatic rings. The number of nitriles is 1. The molecule has 16 aromatic rings. The van der Waals surface area contributed by atoms with Crippen molar-refractivity contribution in [2.75, 3.05) is 0 Å². The molecule has 0 saturated heterocycles. The average Bonchev–Trinajstić information content (AvgIpc) is 1.54. The summed E-state index contributed by atoms with van der Waals surface area (Å²) in [5, 5.41) is 15.3. The van der Waals surface area contributed by atoms with Crippen LogP contribution in [-0.4, -0.2) is 29.1 Å². The fourth-order valence-corrected chi connectivity index (χ4v) is 13.0. The van der Waals surface area contributed by atoms with Crippen molar-refractivity contribution < 1.29 is 13.2 Å². The summed E-state index contributed by atoms with van der Waals surface area (Å²) < 4.78 is 49.7. The molecule has 16 rings (SSSR count). The molecular formula is C83H49F3N8. The maximum absolute atomic E-state index is 15.1. The first-order chi connectivity index (χ1) is 46.1. The lowest BCUT2D eigenvalue weighted by molar-refractivity contribution is -0.137.